The second kappa shape index (κ2) is 6.75. The molecule has 0 heterocycles. The van der Waals surface area contributed by atoms with Crippen LogP contribution in [0, 0.1) is 0 Å². The number of aliphatic carboxylic acids is 2. The molecule has 0 spiro atoms. The fourth-order valence-corrected chi connectivity index (χ4v) is 0.862. The van der Waals surface area contributed by atoms with Gasteiger partial charge in [-0.3, -0.25) is 9.59 Å². The minimum Gasteiger partial charge on any atom is -0.480 e. The molecule has 0 bridgehead atoms. The number of carbonyl (C=O) groups is 3. The van der Waals surface area contributed by atoms with Gasteiger partial charge in [0, 0.05) is 6.42 Å². The number of amides is 1. The molecule has 0 rings (SSSR count). The highest BCUT2D eigenvalue weighted by molar-refractivity contribution is 5.84. The number of aliphatic hydroxyl groups excluding tert-OH is 1. The first-order valence-electron chi connectivity index (χ1n) is 4.50. The maximum atomic E-state index is 11.1. The highest BCUT2D eigenvalue weighted by atomic mass is 16.4. The van der Waals surface area contributed by atoms with Crippen LogP contribution in [0.25, 0.3) is 0 Å². The Kier molecular flexibility index (Phi) is 6.04. The van der Waals surface area contributed by atoms with E-state index in [-0.39, 0.29) is 12.8 Å². The fraction of sp³-hybridized carbons (Fsp3) is 0.625. The second-order valence-corrected chi connectivity index (χ2v) is 3.12. The summed E-state index contributed by atoms with van der Waals surface area (Å²) >= 11 is 0. The second-order valence-electron chi connectivity index (χ2n) is 3.12. The van der Waals surface area contributed by atoms with Gasteiger partial charge in [-0.25, -0.2) is 4.79 Å². The third kappa shape index (κ3) is 5.27. The average molecular weight is 234 g/mol. The Bertz CT molecular complexity index is 280. The topological polar surface area (TPSA) is 150 Å². The number of nitrogens with one attached hydrogen (secondary N) is 1. The van der Waals surface area contributed by atoms with E-state index in [0.29, 0.717) is 0 Å². The van der Waals surface area contributed by atoms with E-state index in [9.17, 15) is 14.4 Å². The monoisotopic (exact) mass is 234 g/mol. The molecule has 0 fully saturated rings. The van der Waals surface area contributed by atoms with E-state index in [2.05, 4.69) is 0 Å². The maximum Gasteiger partial charge on any atom is 0.328 e. The van der Waals surface area contributed by atoms with E-state index < -0.39 is 36.5 Å². The summed E-state index contributed by atoms with van der Waals surface area (Å²) in [7, 11) is 0. The van der Waals surface area contributed by atoms with E-state index >= 15 is 0 Å². The molecule has 2 unspecified atom stereocenters. The normalized spacial score (nSPS) is 13.9. The summed E-state index contributed by atoms with van der Waals surface area (Å²) in [5.74, 6) is -3.26. The van der Waals surface area contributed by atoms with E-state index in [1.165, 1.54) is 0 Å². The van der Waals surface area contributed by atoms with Crippen molar-refractivity contribution in [2.45, 2.75) is 24.9 Å². The van der Waals surface area contributed by atoms with Crippen LogP contribution in [-0.4, -0.2) is 51.9 Å². The molecule has 0 aliphatic rings. The van der Waals surface area contributed by atoms with Gasteiger partial charge in [0.05, 0.1) is 6.61 Å². The molecule has 0 aromatic heterocycles. The molecule has 8 nitrogen and oxygen atoms in total. The minimum atomic E-state index is -1.38. The molecule has 0 radical (unpaired) electrons. The number of carboxylic acid groups (broad SMARTS) is 2. The van der Waals surface area contributed by atoms with Gasteiger partial charge in [0.2, 0.25) is 5.91 Å². The molecule has 2 atom stereocenters. The third-order valence-electron chi connectivity index (χ3n) is 1.82. The number of aliphatic hydroxyl groups is 1. The standard InChI is InChI=1S/C8H14N2O6/c9-4(7(13)14)1-2-6(12)10-5(3-11)8(15)16/h4-5,11H,1-3,9H2,(H,10,12)(H,13,14)(H,15,16). The van der Waals surface area contributed by atoms with Gasteiger partial charge >= 0.3 is 11.9 Å². The summed E-state index contributed by atoms with van der Waals surface area (Å²) in [6.07, 6.45) is -0.309. The Labute approximate surface area is 91.1 Å². The maximum absolute atomic E-state index is 11.1. The van der Waals surface area contributed by atoms with Crippen LogP contribution in [0.5, 0.6) is 0 Å². The smallest absolute Gasteiger partial charge is 0.328 e. The van der Waals surface area contributed by atoms with Crippen molar-refractivity contribution in [2.75, 3.05) is 6.61 Å². The predicted octanol–water partition coefficient (Wildman–Crippen LogP) is -2.26. The van der Waals surface area contributed by atoms with Crippen LogP contribution < -0.4 is 11.1 Å². The van der Waals surface area contributed by atoms with Gasteiger partial charge in [0.1, 0.15) is 12.1 Å². The summed E-state index contributed by atoms with van der Waals surface area (Å²) in [4.78, 5) is 31.8. The van der Waals surface area contributed by atoms with E-state index in [1.807, 2.05) is 5.32 Å². The third-order valence-corrected chi connectivity index (χ3v) is 1.82. The quantitative estimate of drug-likeness (QED) is 0.333. The average Bonchev–Trinajstić information content (AvgIpc) is 2.21. The van der Waals surface area contributed by atoms with Gasteiger partial charge in [-0.05, 0) is 6.42 Å². The summed E-state index contributed by atoms with van der Waals surface area (Å²) < 4.78 is 0. The highest BCUT2D eigenvalue weighted by Gasteiger charge is 2.20. The Morgan fingerprint density at radius 3 is 2.12 bits per heavy atom. The van der Waals surface area contributed by atoms with Crippen LogP contribution in [0.1, 0.15) is 12.8 Å². The number of carboxylic acids is 2. The molecule has 0 aliphatic heterocycles. The van der Waals surface area contributed by atoms with Gasteiger partial charge in [0.25, 0.3) is 0 Å². The zero-order chi connectivity index (χ0) is 12.7. The SMILES string of the molecule is NC(CCC(=O)NC(CO)C(=O)O)C(=O)O. The Hall–Kier alpha value is -1.67. The summed E-state index contributed by atoms with van der Waals surface area (Å²) in [6.45, 7) is -0.730. The van der Waals surface area contributed by atoms with Crippen LogP contribution in [-0.2, 0) is 14.4 Å². The van der Waals surface area contributed by atoms with Gasteiger partial charge in [-0.2, -0.15) is 0 Å². The molecule has 8 heteroatoms. The number of carbonyl (C=O) groups excluding carboxylic acids is 1. The van der Waals surface area contributed by atoms with Gasteiger partial charge < -0.3 is 26.4 Å². The first-order chi connectivity index (χ1) is 7.38. The lowest BCUT2D eigenvalue weighted by Crippen LogP contribution is -2.44. The lowest BCUT2D eigenvalue weighted by atomic mass is 10.1. The Morgan fingerprint density at radius 2 is 1.75 bits per heavy atom. The molecule has 0 aromatic carbocycles. The van der Waals surface area contributed by atoms with Crippen molar-refractivity contribution in [3.05, 3.63) is 0 Å². The lowest BCUT2D eigenvalue weighted by molar-refractivity contribution is -0.143. The zero-order valence-corrected chi connectivity index (χ0v) is 8.42. The molecule has 16 heavy (non-hydrogen) atoms. The number of hydrogen-bond donors (Lipinski definition) is 5. The molecule has 0 saturated heterocycles. The van der Waals surface area contributed by atoms with Crippen molar-refractivity contribution in [1.82, 2.24) is 5.32 Å². The molecule has 0 aromatic rings. The van der Waals surface area contributed by atoms with Gasteiger partial charge in [-0.15, -0.1) is 0 Å². The van der Waals surface area contributed by atoms with Crippen molar-refractivity contribution in [3.8, 4) is 0 Å². The van der Waals surface area contributed by atoms with Crippen molar-refractivity contribution in [1.29, 1.82) is 0 Å². The fourth-order valence-electron chi connectivity index (χ4n) is 0.862. The highest BCUT2D eigenvalue weighted by Crippen LogP contribution is 1.95. The van der Waals surface area contributed by atoms with Crippen molar-refractivity contribution >= 4 is 17.8 Å². The molecule has 6 N–H and O–H groups in total. The first kappa shape index (κ1) is 14.3. The molecule has 1 amide bonds. The largest absolute Gasteiger partial charge is 0.480 e. The van der Waals surface area contributed by atoms with Crippen LogP contribution in [0.3, 0.4) is 0 Å². The molecular weight excluding hydrogens is 220 g/mol. The van der Waals surface area contributed by atoms with Crippen LogP contribution in [0.15, 0.2) is 0 Å². The van der Waals surface area contributed by atoms with E-state index in [0.717, 1.165) is 0 Å². The van der Waals surface area contributed by atoms with Crippen LogP contribution >= 0.6 is 0 Å². The summed E-state index contributed by atoms with van der Waals surface area (Å²) in [6, 6.07) is -2.54. The summed E-state index contributed by atoms with van der Waals surface area (Å²) in [5, 5.41) is 27.5. The Balaban J connectivity index is 3.99. The van der Waals surface area contributed by atoms with Crippen molar-refractivity contribution in [3.63, 3.8) is 0 Å². The van der Waals surface area contributed by atoms with Crippen molar-refractivity contribution in [2.24, 2.45) is 5.73 Å². The number of rotatable bonds is 7. The molecular formula is C8H14N2O6. The van der Waals surface area contributed by atoms with Gasteiger partial charge in [0.15, 0.2) is 0 Å². The van der Waals surface area contributed by atoms with Crippen LogP contribution in [0.2, 0.25) is 0 Å². The van der Waals surface area contributed by atoms with E-state index in [1.54, 1.807) is 0 Å². The first-order valence-corrected chi connectivity index (χ1v) is 4.50. The lowest BCUT2D eigenvalue weighted by Gasteiger charge is -2.12. The summed E-state index contributed by atoms with van der Waals surface area (Å²) in [5.41, 5.74) is 5.14. The zero-order valence-electron chi connectivity index (χ0n) is 8.42. The minimum absolute atomic E-state index is 0.0983. The Morgan fingerprint density at radius 1 is 1.19 bits per heavy atom. The molecule has 92 valence electrons. The number of hydrogen-bond acceptors (Lipinski definition) is 5. The molecule has 0 saturated carbocycles. The predicted molar refractivity (Wildman–Crippen MR) is 51.5 cm³/mol. The van der Waals surface area contributed by atoms with E-state index in [4.69, 9.17) is 21.1 Å². The van der Waals surface area contributed by atoms with Crippen molar-refractivity contribution < 1.29 is 29.7 Å². The van der Waals surface area contributed by atoms with Crippen LogP contribution in [0.4, 0.5) is 0 Å². The molecule has 0 aliphatic carbocycles. The van der Waals surface area contributed by atoms with Gasteiger partial charge in [-0.1, -0.05) is 0 Å². The number of nitrogens with two attached hydrogens (primary N) is 1.